The van der Waals surface area contributed by atoms with Crippen LogP contribution in [0.5, 0.6) is 0 Å². The van der Waals surface area contributed by atoms with E-state index in [2.05, 4.69) is 39.9 Å². The van der Waals surface area contributed by atoms with Crippen LogP contribution in [0.15, 0.2) is 0 Å². The molecule has 0 saturated carbocycles. The third-order valence-corrected chi connectivity index (χ3v) is 3.18. The standard InChI is InChI=1S/C12H27N/c1-6-11(7-2)13-10-9-12(4,5)8-3/h11,13H,6-10H2,1-5H3. The first kappa shape index (κ1) is 13.0. The molecular weight excluding hydrogens is 158 g/mol. The van der Waals surface area contributed by atoms with Crippen molar-refractivity contribution in [3.8, 4) is 0 Å². The normalized spacial score (nSPS) is 12.5. The van der Waals surface area contributed by atoms with Gasteiger partial charge in [0, 0.05) is 6.04 Å². The number of nitrogens with one attached hydrogen (secondary N) is 1. The van der Waals surface area contributed by atoms with Crippen LogP contribution in [-0.4, -0.2) is 12.6 Å². The van der Waals surface area contributed by atoms with Crippen molar-refractivity contribution in [3.63, 3.8) is 0 Å². The lowest BCUT2D eigenvalue weighted by Crippen LogP contribution is -2.31. The van der Waals surface area contributed by atoms with Gasteiger partial charge in [-0.3, -0.25) is 0 Å². The van der Waals surface area contributed by atoms with Crippen molar-refractivity contribution < 1.29 is 0 Å². The Bertz CT molecular complexity index is 114. The molecule has 0 amide bonds. The van der Waals surface area contributed by atoms with Crippen LogP contribution in [0, 0.1) is 5.41 Å². The lowest BCUT2D eigenvalue weighted by atomic mass is 9.86. The molecule has 0 aromatic carbocycles. The van der Waals surface area contributed by atoms with Crippen LogP contribution in [0.1, 0.15) is 60.3 Å². The van der Waals surface area contributed by atoms with E-state index >= 15 is 0 Å². The van der Waals surface area contributed by atoms with Gasteiger partial charge in [-0.05, 0) is 31.2 Å². The Morgan fingerprint density at radius 3 is 2.00 bits per heavy atom. The third-order valence-electron chi connectivity index (χ3n) is 3.18. The molecule has 0 radical (unpaired) electrons. The Kier molecular flexibility index (Phi) is 6.40. The lowest BCUT2D eigenvalue weighted by Gasteiger charge is -2.24. The van der Waals surface area contributed by atoms with E-state index in [4.69, 9.17) is 0 Å². The SMILES string of the molecule is CCC(CC)NCCC(C)(C)CC. The maximum atomic E-state index is 3.61. The molecule has 0 spiro atoms. The molecule has 0 atom stereocenters. The fourth-order valence-corrected chi connectivity index (χ4v) is 1.37. The Morgan fingerprint density at radius 2 is 1.62 bits per heavy atom. The van der Waals surface area contributed by atoms with E-state index in [9.17, 15) is 0 Å². The van der Waals surface area contributed by atoms with Gasteiger partial charge >= 0.3 is 0 Å². The highest BCUT2D eigenvalue weighted by molar-refractivity contribution is 4.70. The van der Waals surface area contributed by atoms with E-state index in [0.717, 1.165) is 6.04 Å². The number of hydrogen-bond acceptors (Lipinski definition) is 1. The van der Waals surface area contributed by atoms with E-state index in [1.54, 1.807) is 0 Å². The summed E-state index contributed by atoms with van der Waals surface area (Å²) in [5.74, 6) is 0. The second-order valence-corrected chi connectivity index (χ2v) is 4.74. The molecular formula is C12H27N. The largest absolute Gasteiger partial charge is 0.314 e. The predicted octanol–water partition coefficient (Wildman–Crippen LogP) is 3.59. The highest BCUT2D eigenvalue weighted by Crippen LogP contribution is 2.23. The molecule has 0 heterocycles. The molecule has 0 aliphatic rings. The summed E-state index contributed by atoms with van der Waals surface area (Å²) < 4.78 is 0. The van der Waals surface area contributed by atoms with Gasteiger partial charge in [-0.25, -0.2) is 0 Å². The molecule has 0 bridgehead atoms. The van der Waals surface area contributed by atoms with Crippen molar-refractivity contribution in [1.29, 1.82) is 0 Å². The molecule has 0 aliphatic heterocycles. The highest BCUT2D eigenvalue weighted by atomic mass is 14.9. The van der Waals surface area contributed by atoms with Crippen molar-refractivity contribution in [1.82, 2.24) is 5.32 Å². The lowest BCUT2D eigenvalue weighted by molar-refractivity contribution is 0.305. The van der Waals surface area contributed by atoms with E-state index in [-0.39, 0.29) is 0 Å². The molecule has 1 N–H and O–H groups in total. The van der Waals surface area contributed by atoms with Gasteiger partial charge < -0.3 is 5.32 Å². The van der Waals surface area contributed by atoms with Crippen molar-refractivity contribution in [3.05, 3.63) is 0 Å². The Labute approximate surface area is 84.3 Å². The zero-order valence-electron chi connectivity index (χ0n) is 10.1. The van der Waals surface area contributed by atoms with Gasteiger partial charge in [-0.15, -0.1) is 0 Å². The smallest absolute Gasteiger partial charge is 0.00618 e. The summed E-state index contributed by atoms with van der Waals surface area (Å²) in [6, 6.07) is 0.729. The van der Waals surface area contributed by atoms with Crippen LogP contribution < -0.4 is 5.32 Å². The second kappa shape index (κ2) is 6.42. The van der Waals surface area contributed by atoms with Crippen molar-refractivity contribution >= 4 is 0 Å². The monoisotopic (exact) mass is 185 g/mol. The highest BCUT2D eigenvalue weighted by Gasteiger charge is 2.14. The molecule has 0 aliphatic carbocycles. The summed E-state index contributed by atoms with van der Waals surface area (Å²) in [6.07, 6.45) is 5.07. The van der Waals surface area contributed by atoms with Crippen LogP contribution in [0.4, 0.5) is 0 Å². The maximum absolute atomic E-state index is 3.61. The van der Waals surface area contributed by atoms with Crippen LogP contribution in [0.3, 0.4) is 0 Å². The molecule has 0 saturated heterocycles. The van der Waals surface area contributed by atoms with E-state index in [0.29, 0.717) is 5.41 Å². The van der Waals surface area contributed by atoms with E-state index in [1.807, 2.05) is 0 Å². The topological polar surface area (TPSA) is 12.0 Å². The van der Waals surface area contributed by atoms with Crippen molar-refractivity contribution in [2.24, 2.45) is 5.41 Å². The van der Waals surface area contributed by atoms with E-state index < -0.39 is 0 Å². The van der Waals surface area contributed by atoms with Gasteiger partial charge in [-0.1, -0.05) is 41.0 Å². The first-order valence-electron chi connectivity index (χ1n) is 5.79. The Balaban J connectivity index is 3.54. The number of hydrogen-bond donors (Lipinski definition) is 1. The molecule has 0 aromatic heterocycles. The minimum Gasteiger partial charge on any atom is -0.314 e. The predicted molar refractivity (Wildman–Crippen MR) is 61.1 cm³/mol. The van der Waals surface area contributed by atoms with Crippen LogP contribution >= 0.6 is 0 Å². The molecule has 0 fully saturated rings. The minimum atomic E-state index is 0.513. The van der Waals surface area contributed by atoms with Crippen LogP contribution in [0.25, 0.3) is 0 Å². The number of rotatable bonds is 7. The molecule has 1 nitrogen and oxygen atoms in total. The van der Waals surface area contributed by atoms with E-state index in [1.165, 1.54) is 32.2 Å². The van der Waals surface area contributed by atoms with Gasteiger partial charge in [0.15, 0.2) is 0 Å². The van der Waals surface area contributed by atoms with Crippen molar-refractivity contribution in [2.75, 3.05) is 6.54 Å². The van der Waals surface area contributed by atoms with Gasteiger partial charge in [0.1, 0.15) is 0 Å². The Morgan fingerprint density at radius 1 is 1.08 bits per heavy atom. The quantitative estimate of drug-likeness (QED) is 0.639. The maximum Gasteiger partial charge on any atom is 0.00618 e. The zero-order chi connectivity index (χ0) is 10.3. The van der Waals surface area contributed by atoms with Gasteiger partial charge in [0.05, 0.1) is 0 Å². The van der Waals surface area contributed by atoms with Gasteiger partial charge in [-0.2, -0.15) is 0 Å². The minimum absolute atomic E-state index is 0.513. The second-order valence-electron chi connectivity index (χ2n) is 4.74. The molecule has 0 rings (SSSR count). The average molecular weight is 185 g/mol. The first-order valence-corrected chi connectivity index (χ1v) is 5.79. The fourth-order valence-electron chi connectivity index (χ4n) is 1.37. The summed E-state index contributed by atoms with van der Waals surface area (Å²) in [5, 5.41) is 3.61. The zero-order valence-corrected chi connectivity index (χ0v) is 10.1. The van der Waals surface area contributed by atoms with Crippen molar-refractivity contribution in [2.45, 2.75) is 66.3 Å². The molecule has 80 valence electrons. The fraction of sp³-hybridized carbons (Fsp3) is 1.00. The van der Waals surface area contributed by atoms with Gasteiger partial charge in [0.2, 0.25) is 0 Å². The molecule has 1 heteroatoms. The third kappa shape index (κ3) is 6.09. The summed E-state index contributed by atoms with van der Waals surface area (Å²) in [4.78, 5) is 0. The van der Waals surface area contributed by atoms with Gasteiger partial charge in [0.25, 0.3) is 0 Å². The Hall–Kier alpha value is -0.0400. The summed E-state index contributed by atoms with van der Waals surface area (Å²) >= 11 is 0. The molecule has 0 aromatic rings. The van der Waals surface area contributed by atoms with Crippen LogP contribution in [-0.2, 0) is 0 Å². The summed E-state index contributed by atoms with van der Waals surface area (Å²) in [5.41, 5.74) is 0.513. The average Bonchev–Trinajstić information content (AvgIpc) is 2.12. The summed E-state index contributed by atoms with van der Waals surface area (Å²) in [6.45, 7) is 12.7. The summed E-state index contributed by atoms with van der Waals surface area (Å²) in [7, 11) is 0. The first-order chi connectivity index (χ1) is 6.05. The van der Waals surface area contributed by atoms with Crippen LogP contribution in [0.2, 0.25) is 0 Å². The molecule has 13 heavy (non-hydrogen) atoms. The molecule has 0 unspecified atom stereocenters.